The van der Waals surface area contributed by atoms with E-state index in [0.717, 1.165) is 86.1 Å². The fourth-order valence-electron chi connectivity index (χ4n) is 5.71. The first-order chi connectivity index (χ1) is 17.6. The molecule has 36 heavy (non-hydrogen) atoms. The largest absolute Gasteiger partial charge is 0.381 e. The summed E-state index contributed by atoms with van der Waals surface area (Å²) in [5.41, 5.74) is 3.79. The predicted molar refractivity (Wildman–Crippen MR) is 139 cm³/mol. The summed E-state index contributed by atoms with van der Waals surface area (Å²) in [5, 5.41) is 8.37. The topological polar surface area (TPSA) is 89.0 Å². The van der Waals surface area contributed by atoms with Crippen LogP contribution in [0.3, 0.4) is 0 Å². The van der Waals surface area contributed by atoms with E-state index in [-0.39, 0.29) is 17.2 Å². The highest BCUT2D eigenvalue weighted by molar-refractivity contribution is 5.97. The second-order valence-corrected chi connectivity index (χ2v) is 10.4. The summed E-state index contributed by atoms with van der Waals surface area (Å²) in [4.78, 5) is 26.6. The smallest absolute Gasteiger partial charge is 0.229 e. The fraction of sp³-hybridized carbons (Fsp3) is 0.448. The van der Waals surface area contributed by atoms with Crippen LogP contribution in [-0.2, 0) is 9.53 Å². The monoisotopic (exact) mass is 481 g/mol. The molecule has 2 unspecified atom stereocenters. The Morgan fingerprint density at radius 1 is 1.11 bits per heavy atom. The number of fused-ring (bicyclic) bond motifs is 1. The van der Waals surface area contributed by atoms with Gasteiger partial charge in [0.05, 0.1) is 5.56 Å². The molecular weight excluding hydrogens is 450 g/mol. The number of nitrogens with zero attached hydrogens (tertiary/aromatic N) is 3. The van der Waals surface area contributed by atoms with Crippen LogP contribution in [0.15, 0.2) is 36.8 Å². The Hall–Kier alpha value is -3.34. The SMILES string of the molecule is Cc1ncc(C#Cc2ccc(C3CCOCC3)cn2)c2cc(NC(=O)C3CC34CCCNC4)ncc12. The number of aryl methyl sites for hydroxylation is 1. The van der Waals surface area contributed by atoms with E-state index in [0.29, 0.717) is 11.7 Å². The molecule has 1 aliphatic carbocycles. The zero-order valence-corrected chi connectivity index (χ0v) is 20.6. The zero-order valence-electron chi connectivity index (χ0n) is 20.6. The number of ether oxygens (including phenoxy) is 1. The summed E-state index contributed by atoms with van der Waals surface area (Å²) in [5.74, 6) is 7.65. The Kier molecular flexibility index (Phi) is 6.16. The van der Waals surface area contributed by atoms with Gasteiger partial charge in [-0.2, -0.15) is 0 Å². The van der Waals surface area contributed by atoms with Crippen molar-refractivity contribution in [1.82, 2.24) is 20.3 Å². The highest BCUT2D eigenvalue weighted by Gasteiger charge is 2.57. The van der Waals surface area contributed by atoms with Gasteiger partial charge in [-0.05, 0) is 80.5 Å². The number of carbonyl (C=O) groups excluding carboxylic acids is 1. The lowest BCUT2D eigenvalue weighted by molar-refractivity contribution is -0.118. The average Bonchev–Trinajstić information content (AvgIpc) is 3.62. The molecule has 6 rings (SSSR count). The van der Waals surface area contributed by atoms with E-state index in [2.05, 4.69) is 43.5 Å². The van der Waals surface area contributed by atoms with Crippen LogP contribution in [0, 0.1) is 30.1 Å². The van der Waals surface area contributed by atoms with Crippen molar-refractivity contribution in [3.05, 3.63) is 59.3 Å². The summed E-state index contributed by atoms with van der Waals surface area (Å²) in [6.45, 7) is 5.58. The first-order valence-electron chi connectivity index (χ1n) is 12.9. The number of amides is 1. The van der Waals surface area contributed by atoms with Gasteiger partial charge >= 0.3 is 0 Å². The van der Waals surface area contributed by atoms with Crippen molar-refractivity contribution in [2.75, 3.05) is 31.6 Å². The Morgan fingerprint density at radius 3 is 2.78 bits per heavy atom. The van der Waals surface area contributed by atoms with Gasteiger partial charge in [0.25, 0.3) is 0 Å². The first kappa shape index (κ1) is 23.1. The maximum absolute atomic E-state index is 13.0. The molecule has 0 aromatic carbocycles. The van der Waals surface area contributed by atoms with E-state index in [1.807, 2.05) is 25.3 Å². The number of pyridine rings is 3. The standard InChI is InChI=1S/C29H31N5O2/c1-19-25-17-33-27(34-28(35)26-14-29(26)9-2-10-30-18-29)13-24(25)22(16-31-19)4-6-23-5-3-21(15-32-23)20-7-11-36-12-8-20/h3,5,13,15-17,20,26,30H,2,7-12,14,18H2,1H3,(H,33,34,35). The second kappa shape index (κ2) is 9.61. The Morgan fingerprint density at radius 2 is 2.00 bits per heavy atom. The third-order valence-corrected chi connectivity index (χ3v) is 8.04. The zero-order chi connectivity index (χ0) is 24.5. The molecule has 3 aromatic rings. The van der Waals surface area contributed by atoms with Crippen molar-refractivity contribution < 1.29 is 9.53 Å². The number of nitrogens with one attached hydrogen (secondary N) is 2. The lowest BCUT2D eigenvalue weighted by Gasteiger charge is -2.23. The van der Waals surface area contributed by atoms with Crippen LogP contribution < -0.4 is 10.6 Å². The Labute approximate surface area is 211 Å². The van der Waals surface area contributed by atoms with Crippen LogP contribution in [0.1, 0.15) is 60.5 Å². The molecular formula is C29H31N5O2. The second-order valence-electron chi connectivity index (χ2n) is 10.4. The lowest BCUT2D eigenvalue weighted by Crippen LogP contribution is -2.34. The van der Waals surface area contributed by atoms with Crippen LogP contribution in [0.4, 0.5) is 5.82 Å². The van der Waals surface area contributed by atoms with Crippen molar-refractivity contribution in [2.45, 2.75) is 44.9 Å². The van der Waals surface area contributed by atoms with Gasteiger partial charge in [0.1, 0.15) is 11.5 Å². The number of hydrogen-bond acceptors (Lipinski definition) is 6. The number of rotatable bonds is 3. The molecule has 2 N–H and O–H groups in total. The molecule has 184 valence electrons. The molecule has 1 amide bonds. The van der Waals surface area contributed by atoms with Crippen molar-refractivity contribution >= 4 is 22.5 Å². The highest BCUT2D eigenvalue weighted by atomic mass is 16.5. The molecule has 2 atom stereocenters. The molecule has 3 fully saturated rings. The quantitative estimate of drug-likeness (QED) is 0.551. The molecule has 1 saturated carbocycles. The van der Waals surface area contributed by atoms with Gasteiger partial charge in [-0.15, -0.1) is 0 Å². The van der Waals surface area contributed by atoms with Crippen LogP contribution in [0.25, 0.3) is 10.8 Å². The van der Waals surface area contributed by atoms with E-state index in [1.54, 1.807) is 12.4 Å². The minimum Gasteiger partial charge on any atom is -0.381 e. The Balaban J connectivity index is 1.22. The first-order valence-corrected chi connectivity index (χ1v) is 12.9. The number of carbonyl (C=O) groups is 1. The van der Waals surface area contributed by atoms with Crippen molar-refractivity contribution in [1.29, 1.82) is 0 Å². The van der Waals surface area contributed by atoms with Crippen LogP contribution in [0.2, 0.25) is 0 Å². The molecule has 3 aliphatic rings. The highest BCUT2D eigenvalue weighted by Crippen LogP contribution is 2.56. The molecule has 7 nitrogen and oxygen atoms in total. The summed E-state index contributed by atoms with van der Waals surface area (Å²) < 4.78 is 5.47. The fourth-order valence-corrected chi connectivity index (χ4v) is 5.71. The number of piperidine rings is 1. The molecule has 3 aromatic heterocycles. The van der Waals surface area contributed by atoms with Gasteiger partial charge in [-0.25, -0.2) is 9.97 Å². The Bertz CT molecular complexity index is 1350. The normalized spacial score (nSPS) is 23.8. The number of anilines is 1. The van der Waals surface area contributed by atoms with E-state index < -0.39 is 0 Å². The van der Waals surface area contributed by atoms with Gasteiger partial charge in [0, 0.05) is 60.7 Å². The molecule has 1 spiro atoms. The number of aromatic nitrogens is 3. The summed E-state index contributed by atoms with van der Waals surface area (Å²) in [6.07, 6.45) is 10.8. The maximum atomic E-state index is 13.0. The van der Waals surface area contributed by atoms with Gasteiger partial charge in [-0.3, -0.25) is 9.78 Å². The van der Waals surface area contributed by atoms with Crippen molar-refractivity contribution in [3.63, 3.8) is 0 Å². The average molecular weight is 482 g/mol. The third kappa shape index (κ3) is 4.59. The van der Waals surface area contributed by atoms with Gasteiger partial charge < -0.3 is 15.4 Å². The summed E-state index contributed by atoms with van der Waals surface area (Å²) in [6, 6.07) is 6.03. The van der Waals surface area contributed by atoms with E-state index in [9.17, 15) is 4.79 Å². The minimum atomic E-state index is 0.0661. The molecule has 7 heteroatoms. The maximum Gasteiger partial charge on any atom is 0.229 e. The van der Waals surface area contributed by atoms with Crippen molar-refractivity contribution in [3.8, 4) is 11.8 Å². The van der Waals surface area contributed by atoms with Gasteiger partial charge in [0.2, 0.25) is 5.91 Å². The molecule has 0 radical (unpaired) electrons. The third-order valence-electron chi connectivity index (χ3n) is 8.04. The van der Waals surface area contributed by atoms with Gasteiger partial charge in [-0.1, -0.05) is 12.0 Å². The predicted octanol–water partition coefficient (Wildman–Crippen LogP) is 3.96. The molecule has 5 heterocycles. The summed E-state index contributed by atoms with van der Waals surface area (Å²) in [7, 11) is 0. The molecule has 0 bridgehead atoms. The number of hydrogen-bond donors (Lipinski definition) is 2. The van der Waals surface area contributed by atoms with Crippen LogP contribution in [0.5, 0.6) is 0 Å². The molecule has 2 aliphatic heterocycles. The lowest BCUT2D eigenvalue weighted by atomic mass is 9.93. The van der Waals surface area contributed by atoms with Gasteiger partial charge in [0.15, 0.2) is 0 Å². The summed E-state index contributed by atoms with van der Waals surface area (Å²) >= 11 is 0. The van der Waals surface area contributed by atoms with Crippen molar-refractivity contribution in [2.24, 2.45) is 11.3 Å². The minimum absolute atomic E-state index is 0.0661. The van der Waals surface area contributed by atoms with Crippen LogP contribution in [-0.4, -0.2) is 47.2 Å². The molecule has 2 saturated heterocycles. The van der Waals surface area contributed by atoms with E-state index in [4.69, 9.17) is 4.74 Å². The van der Waals surface area contributed by atoms with E-state index >= 15 is 0 Å². The van der Waals surface area contributed by atoms with E-state index in [1.165, 1.54) is 5.56 Å². The van der Waals surface area contributed by atoms with Crippen LogP contribution >= 0.6 is 0 Å².